The molecule has 0 bridgehead atoms. The van der Waals surface area contributed by atoms with Gasteiger partial charge in [-0.15, -0.1) is 0 Å². The molecule has 1 aromatic rings. The minimum absolute atomic E-state index is 0.0274. The fourth-order valence-electron chi connectivity index (χ4n) is 1.68. The van der Waals surface area contributed by atoms with Crippen LogP contribution in [-0.2, 0) is 9.47 Å². The highest BCUT2D eigenvalue weighted by Gasteiger charge is 2.09. The first-order valence-electron chi connectivity index (χ1n) is 6.74. The largest absolute Gasteiger partial charge is 0.379 e. The molecule has 0 aromatic heterocycles. The van der Waals surface area contributed by atoms with Crippen molar-refractivity contribution in [3.05, 3.63) is 35.4 Å². The number of hydrogen-bond donors (Lipinski definition) is 1. The molecule has 0 aliphatic heterocycles. The van der Waals surface area contributed by atoms with Gasteiger partial charge in [0.2, 0.25) is 0 Å². The molecule has 0 fully saturated rings. The van der Waals surface area contributed by atoms with Crippen LogP contribution in [0.25, 0.3) is 0 Å². The van der Waals surface area contributed by atoms with E-state index in [4.69, 9.17) is 15.2 Å². The zero-order valence-corrected chi connectivity index (χ0v) is 11.5. The Hall–Kier alpha value is -0.900. The summed E-state index contributed by atoms with van der Waals surface area (Å²) in [6, 6.07) is 8.31. The molecule has 0 radical (unpaired) electrons. The van der Waals surface area contributed by atoms with Crippen molar-refractivity contribution in [3.63, 3.8) is 0 Å². The van der Waals surface area contributed by atoms with Crippen molar-refractivity contribution in [2.75, 3.05) is 26.4 Å². The lowest BCUT2D eigenvalue weighted by Gasteiger charge is -2.16. The number of nitrogens with two attached hydrogens (primary N) is 1. The minimum atomic E-state index is -0.0274. The zero-order chi connectivity index (χ0) is 13.2. The summed E-state index contributed by atoms with van der Waals surface area (Å²) >= 11 is 0. The lowest BCUT2D eigenvalue weighted by Crippen LogP contribution is -2.18. The van der Waals surface area contributed by atoms with E-state index in [2.05, 4.69) is 38.1 Å². The number of unbranched alkanes of at least 4 members (excludes halogenated alkanes) is 1. The third kappa shape index (κ3) is 5.63. The molecule has 0 aliphatic rings. The smallest absolute Gasteiger partial charge is 0.0948 e. The van der Waals surface area contributed by atoms with Crippen LogP contribution in [0, 0.1) is 6.92 Å². The molecule has 0 saturated carbocycles. The maximum Gasteiger partial charge on any atom is 0.0948 e. The van der Waals surface area contributed by atoms with E-state index in [1.807, 2.05) is 0 Å². The van der Waals surface area contributed by atoms with Gasteiger partial charge >= 0.3 is 0 Å². The first kappa shape index (κ1) is 15.2. The van der Waals surface area contributed by atoms with Crippen LogP contribution in [0.1, 0.15) is 37.0 Å². The van der Waals surface area contributed by atoms with Gasteiger partial charge in [-0.25, -0.2) is 0 Å². The molecule has 0 spiro atoms. The number of benzene rings is 1. The zero-order valence-electron chi connectivity index (χ0n) is 11.5. The molecule has 3 heteroatoms. The molecule has 2 N–H and O–H groups in total. The van der Waals surface area contributed by atoms with Gasteiger partial charge in [-0.1, -0.05) is 43.2 Å². The summed E-state index contributed by atoms with van der Waals surface area (Å²) in [4.78, 5) is 0. The van der Waals surface area contributed by atoms with Crippen LogP contribution < -0.4 is 5.73 Å². The third-order valence-corrected chi connectivity index (χ3v) is 2.85. The van der Waals surface area contributed by atoms with Crippen LogP contribution >= 0.6 is 0 Å². The van der Waals surface area contributed by atoms with E-state index in [9.17, 15) is 0 Å². The van der Waals surface area contributed by atoms with Gasteiger partial charge in [0, 0.05) is 13.2 Å². The van der Waals surface area contributed by atoms with E-state index in [-0.39, 0.29) is 6.10 Å². The predicted octanol–water partition coefficient (Wildman–Crippen LogP) is 2.83. The molecule has 3 nitrogen and oxygen atoms in total. The van der Waals surface area contributed by atoms with Crippen molar-refractivity contribution in [1.82, 2.24) is 0 Å². The van der Waals surface area contributed by atoms with E-state index >= 15 is 0 Å². The van der Waals surface area contributed by atoms with Crippen molar-refractivity contribution in [3.8, 4) is 0 Å². The van der Waals surface area contributed by atoms with Crippen molar-refractivity contribution >= 4 is 0 Å². The molecule has 0 saturated heterocycles. The maximum absolute atomic E-state index is 5.75. The predicted molar refractivity (Wildman–Crippen MR) is 74.7 cm³/mol. The first-order valence-corrected chi connectivity index (χ1v) is 6.74. The summed E-state index contributed by atoms with van der Waals surface area (Å²) in [5.41, 5.74) is 8.12. The van der Waals surface area contributed by atoms with Crippen LogP contribution in [-0.4, -0.2) is 26.4 Å². The average Bonchev–Trinajstić information content (AvgIpc) is 2.39. The molecular formula is C15H25NO2. The maximum atomic E-state index is 5.75. The van der Waals surface area contributed by atoms with E-state index in [1.165, 1.54) is 5.56 Å². The first-order chi connectivity index (χ1) is 8.77. The minimum Gasteiger partial charge on any atom is -0.379 e. The van der Waals surface area contributed by atoms with Gasteiger partial charge in [-0.3, -0.25) is 0 Å². The summed E-state index contributed by atoms with van der Waals surface area (Å²) in [6.45, 7) is 6.78. The van der Waals surface area contributed by atoms with Crippen LogP contribution in [0.15, 0.2) is 24.3 Å². The van der Waals surface area contributed by atoms with Gasteiger partial charge in [-0.05, 0) is 18.9 Å². The topological polar surface area (TPSA) is 44.5 Å². The Kier molecular flexibility index (Phi) is 7.65. The SMILES string of the molecule is CCCCOCCOC(CN)c1ccc(C)cc1. The Bertz CT molecular complexity index is 311. The average molecular weight is 251 g/mol. The summed E-state index contributed by atoms with van der Waals surface area (Å²) in [7, 11) is 0. The Morgan fingerprint density at radius 3 is 2.44 bits per heavy atom. The summed E-state index contributed by atoms with van der Waals surface area (Å²) in [5, 5.41) is 0. The Labute approximate surface area is 110 Å². The van der Waals surface area contributed by atoms with Gasteiger partial charge in [0.1, 0.15) is 0 Å². The normalized spacial score (nSPS) is 12.6. The van der Waals surface area contributed by atoms with Crippen LogP contribution in [0.4, 0.5) is 0 Å². The third-order valence-electron chi connectivity index (χ3n) is 2.85. The molecule has 1 atom stereocenters. The molecule has 1 aromatic carbocycles. The quantitative estimate of drug-likeness (QED) is 0.686. The van der Waals surface area contributed by atoms with Crippen molar-refractivity contribution < 1.29 is 9.47 Å². The van der Waals surface area contributed by atoms with Gasteiger partial charge in [0.05, 0.1) is 19.3 Å². The number of ether oxygens (including phenoxy) is 2. The second-order valence-corrected chi connectivity index (χ2v) is 4.47. The highest BCUT2D eigenvalue weighted by Crippen LogP contribution is 2.16. The van der Waals surface area contributed by atoms with Gasteiger partial charge in [-0.2, -0.15) is 0 Å². The fourth-order valence-corrected chi connectivity index (χ4v) is 1.68. The lowest BCUT2D eigenvalue weighted by molar-refractivity contribution is 0.00695. The monoisotopic (exact) mass is 251 g/mol. The molecule has 102 valence electrons. The van der Waals surface area contributed by atoms with E-state index < -0.39 is 0 Å². The Morgan fingerprint density at radius 2 is 1.83 bits per heavy atom. The summed E-state index contributed by atoms with van der Waals surface area (Å²) in [6.07, 6.45) is 2.24. The molecule has 18 heavy (non-hydrogen) atoms. The van der Waals surface area contributed by atoms with Crippen LogP contribution in [0.5, 0.6) is 0 Å². The van der Waals surface area contributed by atoms with Gasteiger partial charge in [0.15, 0.2) is 0 Å². The standard InChI is InChI=1S/C15H25NO2/c1-3-4-9-17-10-11-18-15(12-16)14-7-5-13(2)6-8-14/h5-8,15H,3-4,9-12,16H2,1-2H3. The van der Waals surface area contributed by atoms with E-state index in [0.717, 1.165) is 25.0 Å². The van der Waals surface area contributed by atoms with E-state index in [0.29, 0.717) is 19.8 Å². The van der Waals surface area contributed by atoms with Crippen molar-refractivity contribution in [2.45, 2.75) is 32.8 Å². The van der Waals surface area contributed by atoms with Gasteiger partial charge in [0.25, 0.3) is 0 Å². The van der Waals surface area contributed by atoms with Crippen molar-refractivity contribution in [1.29, 1.82) is 0 Å². The molecule has 0 amide bonds. The molecular weight excluding hydrogens is 226 g/mol. The number of aryl methyl sites for hydroxylation is 1. The molecule has 1 unspecified atom stereocenters. The summed E-state index contributed by atoms with van der Waals surface area (Å²) < 4.78 is 11.2. The molecule has 0 heterocycles. The van der Waals surface area contributed by atoms with Gasteiger partial charge < -0.3 is 15.2 Å². The van der Waals surface area contributed by atoms with Crippen molar-refractivity contribution in [2.24, 2.45) is 5.73 Å². The van der Waals surface area contributed by atoms with Crippen LogP contribution in [0.3, 0.4) is 0 Å². The molecule has 0 aliphatic carbocycles. The number of hydrogen-bond acceptors (Lipinski definition) is 3. The Morgan fingerprint density at radius 1 is 1.11 bits per heavy atom. The highest BCUT2D eigenvalue weighted by molar-refractivity contribution is 5.23. The fraction of sp³-hybridized carbons (Fsp3) is 0.600. The molecule has 1 rings (SSSR count). The summed E-state index contributed by atoms with van der Waals surface area (Å²) in [5.74, 6) is 0. The lowest BCUT2D eigenvalue weighted by atomic mass is 10.1. The Balaban J connectivity index is 2.27. The van der Waals surface area contributed by atoms with E-state index in [1.54, 1.807) is 0 Å². The highest BCUT2D eigenvalue weighted by atomic mass is 16.5. The second-order valence-electron chi connectivity index (χ2n) is 4.47. The second kappa shape index (κ2) is 9.09. The van der Waals surface area contributed by atoms with Crippen LogP contribution in [0.2, 0.25) is 0 Å². The number of rotatable bonds is 9.